The second kappa shape index (κ2) is 36.1. The summed E-state index contributed by atoms with van der Waals surface area (Å²) in [6.45, 7) is 5.31. The molecule has 2 N–H and O–H groups in total. The van der Waals surface area contributed by atoms with E-state index in [1.54, 1.807) is 0 Å². The van der Waals surface area contributed by atoms with E-state index in [1.807, 2.05) is 0 Å². The molecule has 0 bridgehead atoms. The number of rotatable bonds is 36. The predicted molar refractivity (Wildman–Crippen MR) is 182 cm³/mol. The average molecular weight is 583 g/mol. The molecule has 0 amide bonds. The standard InChI is InChI=1S/C38H78O3/c1-3-5-7-9-11-13-15-17-19-21-23-25-27-29-31-33-37(39)35-41-36-38(40)34-32-30-28-26-24-22-20-18-16-14-12-10-8-6-4-2/h37-40H,3-36H2,1-2H3. The Kier molecular flexibility index (Phi) is 36.0. The summed E-state index contributed by atoms with van der Waals surface area (Å²) in [5.41, 5.74) is 0. The van der Waals surface area contributed by atoms with Crippen molar-refractivity contribution in [1.82, 2.24) is 0 Å². The Morgan fingerprint density at radius 2 is 0.512 bits per heavy atom. The predicted octanol–water partition coefficient (Wildman–Crippen LogP) is 12.2. The van der Waals surface area contributed by atoms with Crippen molar-refractivity contribution in [3.05, 3.63) is 0 Å². The van der Waals surface area contributed by atoms with Crippen LogP contribution in [0.1, 0.15) is 219 Å². The van der Waals surface area contributed by atoms with Crippen molar-refractivity contribution >= 4 is 0 Å². The van der Waals surface area contributed by atoms with Crippen LogP contribution in [-0.2, 0) is 4.74 Å². The first-order valence-electron chi connectivity index (χ1n) is 19.1. The molecule has 0 fully saturated rings. The first kappa shape index (κ1) is 40.9. The fourth-order valence-corrected chi connectivity index (χ4v) is 6.01. The number of hydrogen-bond donors (Lipinski definition) is 2. The molecule has 0 aromatic rings. The number of unbranched alkanes of at least 4 members (excludes halogenated alkanes) is 28. The molecular formula is C38H78O3. The summed E-state index contributed by atoms with van der Waals surface area (Å²) in [7, 11) is 0. The Hall–Kier alpha value is -0.120. The molecule has 2 atom stereocenters. The van der Waals surface area contributed by atoms with Crippen molar-refractivity contribution in [2.45, 2.75) is 232 Å². The summed E-state index contributed by atoms with van der Waals surface area (Å²) >= 11 is 0. The fraction of sp³-hybridized carbons (Fsp3) is 1.00. The molecule has 0 rings (SSSR count). The minimum atomic E-state index is -0.380. The second-order valence-electron chi connectivity index (χ2n) is 13.3. The molecule has 0 aliphatic carbocycles. The van der Waals surface area contributed by atoms with Gasteiger partial charge in [-0.3, -0.25) is 0 Å². The highest BCUT2D eigenvalue weighted by Crippen LogP contribution is 2.16. The van der Waals surface area contributed by atoms with Crippen molar-refractivity contribution in [3.63, 3.8) is 0 Å². The Morgan fingerprint density at radius 1 is 0.317 bits per heavy atom. The maximum absolute atomic E-state index is 10.2. The first-order valence-corrected chi connectivity index (χ1v) is 19.1. The zero-order valence-electron chi connectivity index (χ0n) is 28.5. The van der Waals surface area contributed by atoms with Crippen LogP contribution in [0.4, 0.5) is 0 Å². The van der Waals surface area contributed by atoms with Gasteiger partial charge in [0.2, 0.25) is 0 Å². The normalized spacial score (nSPS) is 13.2. The van der Waals surface area contributed by atoms with Crippen molar-refractivity contribution in [2.24, 2.45) is 0 Å². The van der Waals surface area contributed by atoms with Crippen LogP contribution in [0, 0.1) is 0 Å². The van der Waals surface area contributed by atoms with Crippen molar-refractivity contribution < 1.29 is 14.9 Å². The molecule has 0 aromatic carbocycles. The van der Waals surface area contributed by atoms with E-state index in [-0.39, 0.29) is 12.2 Å². The molecule has 3 heteroatoms. The lowest BCUT2D eigenvalue weighted by molar-refractivity contribution is -0.0129. The lowest BCUT2D eigenvalue weighted by Gasteiger charge is -2.14. The molecule has 0 heterocycles. The number of aliphatic hydroxyl groups excluding tert-OH is 2. The van der Waals surface area contributed by atoms with Crippen LogP contribution in [0.25, 0.3) is 0 Å². The zero-order chi connectivity index (χ0) is 29.9. The lowest BCUT2D eigenvalue weighted by Crippen LogP contribution is -2.21. The van der Waals surface area contributed by atoms with Crippen LogP contribution >= 0.6 is 0 Å². The molecular weight excluding hydrogens is 504 g/mol. The molecule has 0 radical (unpaired) electrons. The Morgan fingerprint density at radius 3 is 0.732 bits per heavy atom. The molecule has 0 aliphatic rings. The van der Waals surface area contributed by atoms with Gasteiger partial charge in [-0.2, -0.15) is 0 Å². The van der Waals surface area contributed by atoms with Gasteiger partial charge in [0.1, 0.15) is 0 Å². The maximum atomic E-state index is 10.2. The minimum Gasteiger partial charge on any atom is -0.391 e. The van der Waals surface area contributed by atoms with E-state index in [0.717, 1.165) is 25.7 Å². The van der Waals surface area contributed by atoms with Gasteiger partial charge < -0.3 is 14.9 Å². The van der Waals surface area contributed by atoms with E-state index in [9.17, 15) is 10.2 Å². The average Bonchev–Trinajstić information content (AvgIpc) is 2.97. The Balaban J connectivity index is 3.25. The van der Waals surface area contributed by atoms with Crippen LogP contribution in [0.3, 0.4) is 0 Å². The molecule has 3 nitrogen and oxygen atoms in total. The minimum absolute atomic E-state index is 0.370. The van der Waals surface area contributed by atoms with Crippen LogP contribution < -0.4 is 0 Å². The van der Waals surface area contributed by atoms with Crippen LogP contribution in [-0.4, -0.2) is 35.6 Å². The van der Waals surface area contributed by atoms with Crippen LogP contribution in [0.2, 0.25) is 0 Å². The van der Waals surface area contributed by atoms with Crippen molar-refractivity contribution in [2.75, 3.05) is 13.2 Å². The largest absolute Gasteiger partial charge is 0.391 e. The Bertz CT molecular complexity index is 415. The van der Waals surface area contributed by atoms with Gasteiger partial charge in [-0.1, -0.05) is 206 Å². The van der Waals surface area contributed by atoms with E-state index in [2.05, 4.69) is 13.8 Å². The maximum Gasteiger partial charge on any atom is 0.0773 e. The van der Waals surface area contributed by atoms with Gasteiger partial charge in [-0.05, 0) is 12.8 Å². The monoisotopic (exact) mass is 583 g/mol. The Labute approximate surface area is 259 Å². The summed E-state index contributed by atoms with van der Waals surface area (Å²) in [6.07, 6.45) is 41.9. The number of ether oxygens (including phenoxy) is 1. The second-order valence-corrected chi connectivity index (χ2v) is 13.3. The highest BCUT2D eigenvalue weighted by atomic mass is 16.5. The number of hydrogen-bond acceptors (Lipinski definition) is 3. The topological polar surface area (TPSA) is 49.7 Å². The van der Waals surface area contributed by atoms with Gasteiger partial charge in [0.15, 0.2) is 0 Å². The molecule has 0 saturated heterocycles. The van der Waals surface area contributed by atoms with Gasteiger partial charge in [-0.15, -0.1) is 0 Å². The molecule has 2 unspecified atom stereocenters. The molecule has 0 aromatic heterocycles. The van der Waals surface area contributed by atoms with Gasteiger partial charge in [0, 0.05) is 0 Å². The van der Waals surface area contributed by atoms with E-state index in [4.69, 9.17) is 4.74 Å². The summed E-state index contributed by atoms with van der Waals surface area (Å²) in [4.78, 5) is 0. The highest BCUT2D eigenvalue weighted by Gasteiger charge is 2.08. The molecule has 0 aliphatic heterocycles. The van der Waals surface area contributed by atoms with E-state index < -0.39 is 0 Å². The zero-order valence-corrected chi connectivity index (χ0v) is 28.5. The third kappa shape index (κ3) is 36.0. The van der Waals surface area contributed by atoms with E-state index >= 15 is 0 Å². The van der Waals surface area contributed by atoms with Gasteiger partial charge >= 0.3 is 0 Å². The third-order valence-corrected chi connectivity index (χ3v) is 8.90. The van der Waals surface area contributed by atoms with Crippen molar-refractivity contribution in [1.29, 1.82) is 0 Å². The molecule has 248 valence electrons. The molecule has 0 spiro atoms. The molecule has 0 saturated carbocycles. The quantitative estimate of drug-likeness (QED) is 0.0722. The summed E-state index contributed by atoms with van der Waals surface area (Å²) in [5, 5.41) is 20.4. The first-order chi connectivity index (χ1) is 20.2. The SMILES string of the molecule is CCCCCCCCCCCCCCCCCC(O)COCC(O)CCCCCCCCCCCCCCCCC. The smallest absolute Gasteiger partial charge is 0.0773 e. The fourth-order valence-electron chi connectivity index (χ4n) is 6.01. The molecule has 41 heavy (non-hydrogen) atoms. The van der Waals surface area contributed by atoms with Gasteiger partial charge in [0.25, 0.3) is 0 Å². The summed E-state index contributed by atoms with van der Waals surface area (Å²) in [6, 6.07) is 0. The van der Waals surface area contributed by atoms with E-state index in [1.165, 1.54) is 180 Å². The summed E-state index contributed by atoms with van der Waals surface area (Å²) < 4.78 is 5.61. The highest BCUT2D eigenvalue weighted by molar-refractivity contribution is 4.59. The number of aliphatic hydroxyl groups is 2. The van der Waals surface area contributed by atoms with E-state index in [0.29, 0.717) is 13.2 Å². The van der Waals surface area contributed by atoms with Crippen LogP contribution in [0.5, 0.6) is 0 Å². The van der Waals surface area contributed by atoms with Gasteiger partial charge in [-0.25, -0.2) is 0 Å². The lowest BCUT2D eigenvalue weighted by atomic mass is 10.0. The third-order valence-electron chi connectivity index (χ3n) is 8.90. The van der Waals surface area contributed by atoms with Crippen LogP contribution in [0.15, 0.2) is 0 Å². The van der Waals surface area contributed by atoms with Crippen molar-refractivity contribution in [3.8, 4) is 0 Å². The summed E-state index contributed by atoms with van der Waals surface area (Å²) in [5.74, 6) is 0. The van der Waals surface area contributed by atoms with Gasteiger partial charge in [0.05, 0.1) is 25.4 Å².